The van der Waals surface area contributed by atoms with Gasteiger partial charge in [-0.2, -0.15) is 15.0 Å². The molecule has 0 radical (unpaired) electrons. The number of ether oxygens (including phenoxy) is 2. The van der Waals surface area contributed by atoms with Crippen LogP contribution in [0.2, 0.25) is 0 Å². The van der Waals surface area contributed by atoms with Gasteiger partial charge in [-0.1, -0.05) is 6.07 Å². The Bertz CT molecular complexity index is 629. The van der Waals surface area contributed by atoms with Crippen molar-refractivity contribution in [2.24, 2.45) is 0 Å². The van der Waals surface area contributed by atoms with Crippen LogP contribution in [0.4, 0.5) is 5.95 Å². The van der Waals surface area contributed by atoms with Gasteiger partial charge in [0.15, 0.2) is 5.82 Å². The van der Waals surface area contributed by atoms with Crippen LogP contribution in [0.3, 0.4) is 0 Å². The first-order valence-corrected chi connectivity index (χ1v) is 6.35. The van der Waals surface area contributed by atoms with E-state index in [9.17, 15) is 0 Å². The number of anilines is 1. The summed E-state index contributed by atoms with van der Waals surface area (Å²) >= 11 is 0. The van der Waals surface area contributed by atoms with E-state index in [2.05, 4.69) is 15.0 Å². The first-order chi connectivity index (χ1) is 9.55. The van der Waals surface area contributed by atoms with Crippen LogP contribution in [0.5, 0.6) is 11.8 Å². The van der Waals surface area contributed by atoms with E-state index >= 15 is 0 Å². The lowest BCUT2D eigenvalue weighted by molar-refractivity contribution is 0.312. The van der Waals surface area contributed by atoms with Gasteiger partial charge in [0.2, 0.25) is 5.95 Å². The molecule has 0 atom stereocenters. The lowest BCUT2D eigenvalue weighted by Crippen LogP contribution is -2.06. The van der Waals surface area contributed by atoms with Gasteiger partial charge >= 0.3 is 6.01 Å². The number of aryl methyl sites for hydroxylation is 2. The average molecular weight is 274 g/mol. The number of nitrogens with zero attached hydrogens (tertiary/aromatic N) is 3. The summed E-state index contributed by atoms with van der Waals surface area (Å²) in [6.07, 6.45) is 0. The fraction of sp³-hybridized carbons (Fsp3) is 0.357. The topological polar surface area (TPSA) is 83.2 Å². The molecule has 2 aromatic rings. The highest BCUT2D eigenvalue weighted by molar-refractivity contribution is 5.69. The molecule has 0 bridgehead atoms. The fourth-order valence-corrected chi connectivity index (χ4v) is 2.05. The molecule has 106 valence electrons. The third-order valence-corrected chi connectivity index (χ3v) is 2.79. The van der Waals surface area contributed by atoms with Crippen molar-refractivity contribution in [2.45, 2.75) is 20.8 Å². The van der Waals surface area contributed by atoms with Crippen molar-refractivity contribution >= 4 is 5.95 Å². The van der Waals surface area contributed by atoms with Crippen molar-refractivity contribution in [3.63, 3.8) is 0 Å². The number of rotatable bonds is 4. The molecule has 1 heterocycles. The lowest BCUT2D eigenvalue weighted by atomic mass is 10.0. The maximum absolute atomic E-state index is 5.72. The average Bonchev–Trinajstić information content (AvgIpc) is 2.37. The summed E-state index contributed by atoms with van der Waals surface area (Å²) in [6.45, 7) is 6.31. The lowest BCUT2D eigenvalue weighted by Gasteiger charge is -2.12. The van der Waals surface area contributed by atoms with E-state index < -0.39 is 0 Å². The summed E-state index contributed by atoms with van der Waals surface area (Å²) in [6, 6.07) is 4.19. The Balaban J connectivity index is 2.61. The molecule has 0 spiro atoms. The second kappa shape index (κ2) is 5.73. The van der Waals surface area contributed by atoms with E-state index in [1.807, 2.05) is 32.9 Å². The maximum Gasteiger partial charge on any atom is 0.321 e. The van der Waals surface area contributed by atoms with E-state index in [0.29, 0.717) is 18.2 Å². The van der Waals surface area contributed by atoms with Gasteiger partial charge < -0.3 is 15.2 Å². The zero-order valence-electron chi connectivity index (χ0n) is 12.1. The molecule has 6 heteroatoms. The van der Waals surface area contributed by atoms with Gasteiger partial charge in [-0.15, -0.1) is 0 Å². The van der Waals surface area contributed by atoms with Crippen LogP contribution < -0.4 is 15.2 Å². The molecule has 1 aromatic carbocycles. The smallest absolute Gasteiger partial charge is 0.321 e. The Kier molecular flexibility index (Phi) is 4.02. The monoisotopic (exact) mass is 274 g/mol. The number of methoxy groups -OCH3 is 1. The quantitative estimate of drug-likeness (QED) is 0.919. The SMILES string of the molecule is CCOc1nc(N)nc(-c2c(C)cc(C)cc2OC)n1. The first-order valence-electron chi connectivity index (χ1n) is 6.35. The highest BCUT2D eigenvalue weighted by Gasteiger charge is 2.15. The Morgan fingerprint density at radius 3 is 2.55 bits per heavy atom. The largest absolute Gasteiger partial charge is 0.496 e. The second-order valence-electron chi connectivity index (χ2n) is 4.39. The summed E-state index contributed by atoms with van der Waals surface area (Å²) in [4.78, 5) is 12.4. The zero-order chi connectivity index (χ0) is 14.7. The summed E-state index contributed by atoms with van der Waals surface area (Å²) in [7, 11) is 1.62. The molecule has 0 aliphatic carbocycles. The van der Waals surface area contributed by atoms with Gasteiger partial charge in [0, 0.05) is 0 Å². The summed E-state index contributed by atoms with van der Waals surface area (Å²) in [5.74, 6) is 1.28. The Morgan fingerprint density at radius 2 is 1.90 bits per heavy atom. The minimum Gasteiger partial charge on any atom is -0.496 e. The van der Waals surface area contributed by atoms with Crippen molar-refractivity contribution < 1.29 is 9.47 Å². The summed E-state index contributed by atoms with van der Waals surface area (Å²) < 4.78 is 10.7. The van der Waals surface area contributed by atoms with E-state index in [1.165, 1.54) is 0 Å². The molecule has 2 rings (SSSR count). The Labute approximate surface area is 118 Å². The molecule has 20 heavy (non-hydrogen) atoms. The molecular formula is C14H18N4O2. The number of hydrogen-bond acceptors (Lipinski definition) is 6. The van der Waals surface area contributed by atoms with Crippen LogP contribution in [0.25, 0.3) is 11.4 Å². The zero-order valence-corrected chi connectivity index (χ0v) is 12.1. The molecule has 1 aromatic heterocycles. The molecule has 6 nitrogen and oxygen atoms in total. The van der Waals surface area contributed by atoms with Crippen LogP contribution in [0, 0.1) is 13.8 Å². The molecule has 0 aliphatic rings. The van der Waals surface area contributed by atoms with E-state index in [4.69, 9.17) is 15.2 Å². The standard InChI is InChI=1S/C14H18N4O2/c1-5-20-14-17-12(16-13(15)18-14)11-9(3)6-8(2)7-10(11)19-4/h6-7H,5H2,1-4H3,(H2,15,16,17,18). The van der Waals surface area contributed by atoms with Gasteiger partial charge in [-0.05, 0) is 38.0 Å². The molecule has 0 saturated carbocycles. The number of nitrogen functional groups attached to an aromatic ring is 1. The number of benzene rings is 1. The molecule has 0 fully saturated rings. The molecule has 0 saturated heterocycles. The van der Waals surface area contributed by atoms with E-state index in [1.54, 1.807) is 7.11 Å². The van der Waals surface area contributed by atoms with Crippen molar-refractivity contribution in [3.05, 3.63) is 23.3 Å². The predicted octanol–water partition coefficient (Wildman–Crippen LogP) is 2.14. The third kappa shape index (κ3) is 2.79. The number of hydrogen-bond donors (Lipinski definition) is 1. The van der Waals surface area contributed by atoms with Crippen molar-refractivity contribution in [1.82, 2.24) is 15.0 Å². The summed E-state index contributed by atoms with van der Waals surface area (Å²) in [5.41, 5.74) is 8.63. The maximum atomic E-state index is 5.72. The normalized spacial score (nSPS) is 10.4. The van der Waals surface area contributed by atoms with Gasteiger partial charge in [-0.3, -0.25) is 0 Å². The van der Waals surface area contributed by atoms with Crippen molar-refractivity contribution in [3.8, 4) is 23.1 Å². The minimum absolute atomic E-state index is 0.125. The van der Waals surface area contributed by atoms with Crippen molar-refractivity contribution in [2.75, 3.05) is 19.5 Å². The number of aromatic nitrogens is 3. The molecule has 0 unspecified atom stereocenters. The molecule has 0 amide bonds. The Morgan fingerprint density at radius 1 is 1.15 bits per heavy atom. The molecule has 2 N–H and O–H groups in total. The van der Waals surface area contributed by atoms with E-state index in [0.717, 1.165) is 16.7 Å². The van der Waals surface area contributed by atoms with Gasteiger partial charge in [0.25, 0.3) is 0 Å². The summed E-state index contributed by atoms with van der Waals surface area (Å²) in [5, 5.41) is 0. The highest BCUT2D eigenvalue weighted by atomic mass is 16.5. The first kappa shape index (κ1) is 14.0. The van der Waals surface area contributed by atoms with E-state index in [-0.39, 0.29) is 12.0 Å². The fourth-order valence-electron chi connectivity index (χ4n) is 2.05. The molecule has 0 aliphatic heterocycles. The van der Waals surface area contributed by atoms with Crippen LogP contribution in [0.15, 0.2) is 12.1 Å². The third-order valence-electron chi connectivity index (χ3n) is 2.79. The van der Waals surface area contributed by atoms with Crippen molar-refractivity contribution in [1.29, 1.82) is 0 Å². The van der Waals surface area contributed by atoms with Gasteiger partial charge in [0.1, 0.15) is 5.75 Å². The van der Waals surface area contributed by atoms with Crippen LogP contribution in [-0.2, 0) is 0 Å². The molecular weight excluding hydrogens is 256 g/mol. The van der Waals surface area contributed by atoms with Gasteiger partial charge in [-0.25, -0.2) is 0 Å². The van der Waals surface area contributed by atoms with Crippen LogP contribution in [-0.4, -0.2) is 28.7 Å². The van der Waals surface area contributed by atoms with Gasteiger partial charge in [0.05, 0.1) is 19.3 Å². The second-order valence-corrected chi connectivity index (χ2v) is 4.39. The minimum atomic E-state index is 0.125. The van der Waals surface area contributed by atoms with Crippen LogP contribution >= 0.6 is 0 Å². The van der Waals surface area contributed by atoms with Crippen LogP contribution in [0.1, 0.15) is 18.1 Å². The predicted molar refractivity (Wildman–Crippen MR) is 76.9 cm³/mol. The Hall–Kier alpha value is -2.37. The highest BCUT2D eigenvalue weighted by Crippen LogP contribution is 2.32. The number of nitrogens with two attached hydrogens (primary N) is 1.